The third-order valence-electron chi connectivity index (χ3n) is 4.77. The molecule has 0 aliphatic carbocycles. The number of hydrogen-bond donors (Lipinski definition) is 3. The lowest BCUT2D eigenvalue weighted by molar-refractivity contribution is -0.148. The molecule has 2 aromatic rings. The van der Waals surface area contributed by atoms with E-state index in [-0.39, 0.29) is 18.7 Å². The minimum Gasteiger partial charge on any atom is -0.461 e. The molecular weight excluding hydrogens is 422 g/mol. The predicted octanol–water partition coefficient (Wildman–Crippen LogP) is 2.40. The van der Waals surface area contributed by atoms with E-state index in [4.69, 9.17) is 41.7 Å². The molecule has 0 unspecified atom stereocenters. The number of nitroso groups, excluding NO2 is 2. The molecule has 1 saturated heterocycles. The first-order chi connectivity index (χ1) is 15.6. The largest absolute Gasteiger partial charge is 0.461 e. The number of hydrogen-bond acceptors (Lipinski definition) is 12. The Kier molecular flexibility index (Phi) is 8.05. The Bertz CT molecular complexity index is 949. The third-order valence-corrected chi connectivity index (χ3v) is 4.77. The van der Waals surface area contributed by atoms with Crippen molar-refractivity contribution in [1.82, 2.24) is 0 Å². The standard InChI is InChI=1S/C20H23N5O7/c21-30-15-5-13(6-16(10-15)31-22)2-1-12-3-4-18(19(7-12)32-23)29-20-9-14(25-27)8-17(28-20)11-24-26/h1-7,10,14,17,20H,8-9,11,21-23H2/b2-1+/t14-,17-,20-/m0/s1. The maximum absolute atomic E-state index is 11.0. The molecule has 3 atom stereocenters. The maximum Gasteiger partial charge on any atom is 0.202 e. The normalized spacial score (nSPS) is 20.5. The Morgan fingerprint density at radius 1 is 0.906 bits per heavy atom. The zero-order valence-electron chi connectivity index (χ0n) is 17.0. The van der Waals surface area contributed by atoms with E-state index in [0.29, 0.717) is 23.7 Å². The lowest BCUT2D eigenvalue weighted by Crippen LogP contribution is -2.39. The summed E-state index contributed by atoms with van der Waals surface area (Å²) >= 11 is 0. The van der Waals surface area contributed by atoms with E-state index >= 15 is 0 Å². The second-order valence-corrected chi connectivity index (χ2v) is 6.98. The van der Waals surface area contributed by atoms with Gasteiger partial charge in [0.2, 0.25) is 6.29 Å². The van der Waals surface area contributed by atoms with Gasteiger partial charge >= 0.3 is 0 Å². The molecule has 1 heterocycles. The Morgan fingerprint density at radius 2 is 1.62 bits per heavy atom. The zero-order chi connectivity index (χ0) is 22.9. The number of rotatable bonds is 10. The van der Waals surface area contributed by atoms with E-state index in [1.807, 2.05) is 0 Å². The summed E-state index contributed by atoms with van der Waals surface area (Å²) in [6, 6.07) is 9.44. The van der Waals surface area contributed by atoms with Gasteiger partial charge in [-0.2, -0.15) is 27.5 Å². The van der Waals surface area contributed by atoms with Crippen molar-refractivity contribution in [2.45, 2.75) is 31.3 Å². The van der Waals surface area contributed by atoms with Crippen LogP contribution in [-0.4, -0.2) is 25.0 Å². The van der Waals surface area contributed by atoms with Crippen molar-refractivity contribution >= 4 is 12.2 Å². The van der Waals surface area contributed by atoms with Crippen LogP contribution in [0.2, 0.25) is 0 Å². The van der Waals surface area contributed by atoms with E-state index in [9.17, 15) is 9.81 Å². The van der Waals surface area contributed by atoms with E-state index in [1.54, 1.807) is 42.5 Å². The van der Waals surface area contributed by atoms with Crippen LogP contribution in [0, 0.1) is 9.81 Å². The van der Waals surface area contributed by atoms with Crippen LogP contribution >= 0.6 is 0 Å². The highest BCUT2D eigenvalue weighted by molar-refractivity contribution is 5.72. The summed E-state index contributed by atoms with van der Waals surface area (Å²) in [4.78, 5) is 35.9. The average molecular weight is 445 g/mol. The molecule has 2 aromatic carbocycles. The Labute approximate surface area is 183 Å². The molecule has 0 aromatic heterocycles. The van der Waals surface area contributed by atoms with Gasteiger partial charge in [0, 0.05) is 18.9 Å². The maximum atomic E-state index is 11.0. The van der Waals surface area contributed by atoms with Crippen molar-refractivity contribution in [3.63, 3.8) is 0 Å². The minimum absolute atomic E-state index is 0.0941. The Morgan fingerprint density at radius 3 is 2.25 bits per heavy atom. The molecule has 12 heteroatoms. The molecule has 0 spiro atoms. The summed E-state index contributed by atoms with van der Waals surface area (Å²) in [5.41, 5.74) is 1.47. The minimum atomic E-state index is -0.804. The van der Waals surface area contributed by atoms with Gasteiger partial charge in [-0.3, -0.25) is 0 Å². The molecule has 1 aliphatic rings. The van der Waals surface area contributed by atoms with Crippen LogP contribution in [0.5, 0.6) is 23.0 Å². The lowest BCUT2D eigenvalue weighted by atomic mass is 10.0. The fourth-order valence-corrected chi connectivity index (χ4v) is 3.29. The molecule has 0 bridgehead atoms. The van der Waals surface area contributed by atoms with Gasteiger partial charge in [-0.05, 0) is 35.4 Å². The second kappa shape index (κ2) is 11.2. The molecule has 3 rings (SSSR count). The van der Waals surface area contributed by atoms with Gasteiger partial charge in [-0.25, -0.2) is 0 Å². The van der Waals surface area contributed by atoms with Crippen molar-refractivity contribution in [2.75, 3.05) is 6.54 Å². The number of benzene rings is 2. The average Bonchev–Trinajstić information content (AvgIpc) is 2.83. The fourth-order valence-electron chi connectivity index (χ4n) is 3.29. The molecule has 0 radical (unpaired) electrons. The Hall–Kier alpha value is -3.58. The summed E-state index contributed by atoms with van der Waals surface area (Å²) in [6.45, 7) is -0.0941. The first kappa shape index (κ1) is 23.1. The molecule has 32 heavy (non-hydrogen) atoms. The Balaban J connectivity index is 1.75. The predicted molar refractivity (Wildman–Crippen MR) is 115 cm³/mol. The molecule has 0 saturated carbocycles. The van der Waals surface area contributed by atoms with E-state index in [2.05, 4.69) is 10.4 Å². The van der Waals surface area contributed by atoms with Crippen molar-refractivity contribution in [2.24, 2.45) is 28.0 Å². The van der Waals surface area contributed by atoms with Crippen molar-refractivity contribution < 1.29 is 24.0 Å². The second-order valence-electron chi connectivity index (χ2n) is 6.98. The molecule has 6 N–H and O–H groups in total. The summed E-state index contributed by atoms with van der Waals surface area (Å²) in [5, 5.41) is 5.88. The number of nitrogens with zero attached hydrogens (tertiary/aromatic N) is 2. The molecule has 12 nitrogen and oxygen atoms in total. The van der Waals surface area contributed by atoms with Crippen molar-refractivity contribution in [3.8, 4) is 23.0 Å². The highest BCUT2D eigenvalue weighted by Gasteiger charge is 2.32. The van der Waals surface area contributed by atoms with Crippen LogP contribution in [0.15, 0.2) is 46.8 Å². The van der Waals surface area contributed by atoms with E-state index in [0.717, 1.165) is 11.1 Å². The van der Waals surface area contributed by atoms with Crippen LogP contribution in [0.3, 0.4) is 0 Å². The molecule has 0 amide bonds. The van der Waals surface area contributed by atoms with Crippen LogP contribution in [0.4, 0.5) is 0 Å². The van der Waals surface area contributed by atoms with E-state index in [1.165, 1.54) is 6.07 Å². The molecule has 170 valence electrons. The highest BCUT2D eigenvalue weighted by atomic mass is 16.7. The first-order valence-corrected chi connectivity index (χ1v) is 9.59. The van der Waals surface area contributed by atoms with Crippen LogP contribution in [0.1, 0.15) is 24.0 Å². The molecular formula is C20H23N5O7. The van der Waals surface area contributed by atoms with Gasteiger partial charge in [0.15, 0.2) is 23.0 Å². The van der Waals surface area contributed by atoms with Crippen LogP contribution in [-0.2, 0) is 4.74 Å². The van der Waals surface area contributed by atoms with E-state index < -0.39 is 18.4 Å². The third kappa shape index (κ3) is 5.98. The van der Waals surface area contributed by atoms with Gasteiger partial charge in [0.05, 0.1) is 6.10 Å². The van der Waals surface area contributed by atoms with Gasteiger partial charge < -0.3 is 24.0 Å². The van der Waals surface area contributed by atoms with Gasteiger partial charge in [0.1, 0.15) is 12.6 Å². The van der Waals surface area contributed by atoms with Gasteiger partial charge in [-0.15, -0.1) is 0 Å². The number of nitrogens with two attached hydrogens (primary N) is 3. The smallest absolute Gasteiger partial charge is 0.202 e. The molecule has 1 aliphatic heterocycles. The number of ether oxygens (including phenoxy) is 2. The van der Waals surface area contributed by atoms with Gasteiger partial charge in [0.25, 0.3) is 0 Å². The van der Waals surface area contributed by atoms with Crippen LogP contribution < -0.4 is 36.9 Å². The molecule has 1 fully saturated rings. The monoisotopic (exact) mass is 445 g/mol. The lowest BCUT2D eigenvalue weighted by Gasteiger charge is -2.31. The highest BCUT2D eigenvalue weighted by Crippen LogP contribution is 2.32. The van der Waals surface area contributed by atoms with Crippen molar-refractivity contribution in [1.29, 1.82) is 0 Å². The van der Waals surface area contributed by atoms with Crippen molar-refractivity contribution in [3.05, 3.63) is 57.3 Å². The van der Waals surface area contributed by atoms with Gasteiger partial charge in [-0.1, -0.05) is 28.6 Å². The quantitative estimate of drug-likeness (QED) is 0.279. The SMILES string of the molecule is NOc1cc(/C=C/c2ccc(O[C@H]3C[C@@H](N=O)C[C@@H](CN=O)O3)c(ON)c2)cc(ON)c1. The zero-order valence-corrected chi connectivity index (χ0v) is 17.0. The summed E-state index contributed by atoms with van der Waals surface area (Å²) in [6.07, 6.45) is 2.76. The summed E-state index contributed by atoms with van der Waals surface area (Å²) < 4.78 is 11.5. The van der Waals surface area contributed by atoms with Crippen LogP contribution in [0.25, 0.3) is 12.2 Å². The fraction of sp³-hybridized carbons (Fsp3) is 0.300. The first-order valence-electron chi connectivity index (χ1n) is 9.59. The topological polar surface area (TPSA) is 183 Å². The summed E-state index contributed by atoms with van der Waals surface area (Å²) in [7, 11) is 0. The summed E-state index contributed by atoms with van der Waals surface area (Å²) in [5.74, 6) is 17.1.